The first-order valence-corrected chi connectivity index (χ1v) is 9.88. The van der Waals surface area contributed by atoms with Gasteiger partial charge in [0.1, 0.15) is 5.82 Å². The lowest BCUT2D eigenvalue weighted by molar-refractivity contribution is -0.129. The number of nitrogens with zero attached hydrogens (tertiary/aromatic N) is 1. The van der Waals surface area contributed by atoms with Gasteiger partial charge in [-0.25, -0.2) is 14.2 Å². The summed E-state index contributed by atoms with van der Waals surface area (Å²) in [5, 5.41) is 0. The van der Waals surface area contributed by atoms with Crippen molar-refractivity contribution in [3.63, 3.8) is 0 Å². The number of hydrogen-bond donors (Lipinski definition) is 0. The summed E-state index contributed by atoms with van der Waals surface area (Å²) in [5.74, 6) is 0.494. The van der Waals surface area contributed by atoms with Crippen molar-refractivity contribution in [3.8, 4) is 11.5 Å². The van der Waals surface area contributed by atoms with Crippen molar-refractivity contribution in [1.82, 2.24) is 0 Å². The van der Waals surface area contributed by atoms with Gasteiger partial charge in [-0.15, -0.1) is 0 Å². The molecule has 0 bridgehead atoms. The van der Waals surface area contributed by atoms with Gasteiger partial charge in [-0.2, -0.15) is 0 Å². The third-order valence-corrected chi connectivity index (χ3v) is 4.81. The standard InChI is InChI=1S/C21H19FINO4/c1-3-4-9-27-19-16(23)10-13(12-18(19)26-2)11-17-21(25)28-20(24-17)14-5-7-15(22)8-6-14/h5-8,10-12H,3-4,9H2,1-2H3/b17-11-. The summed E-state index contributed by atoms with van der Waals surface area (Å²) in [6.07, 6.45) is 3.62. The second kappa shape index (κ2) is 9.18. The van der Waals surface area contributed by atoms with Crippen LogP contribution in [-0.4, -0.2) is 25.6 Å². The summed E-state index contributed by atoms with van der Waals surface area (Å²) in [6.45, 7) is 2.71. The molecular formula is C21H19FINO4. The third-order valence-electron chi connectivity index (χ3n) is 4.01. The lowest BCUT2D eigenvalue weighted by atomic mass is 10.1. The second-order valence-corrected chi connectivity index (χ2v) is 7.24. The van der Waals surface area contributed by atoms with Gasteiger partial charge >= 0.3 is 5.97 Å². The fourth-order valence-corrected chi connectivity index (χ4v) is 3.35. The van der Waals surface area contributed by atoms with Crippen LogP contribution >= 0.6 is 22.6 Å². The first-order valence-electron chi connectivity index (χ1n) is 8.80. The van der Waals surface area contributed by atoms with Gasteiger partial charge < -0.3 is 14.2 Å². The number of esters is 1. The van der Waals surface area contributed by atoms with Crippen LogP contribution in [0.1, 0.15) is 30.9 Å². The highest BCUT2D eigenvalue weighted by Crippen LogP contribution is 2.35. The number of benzene rings is 2. The normalized spacial score (nSPS) is 14.8. The smallest absolute Gasteiger partial charge is 0.363 e. The largest absolute Gasteiger partial charge is 0.493 e. The van der Waals surface area contributed by atoms with Crippen LogP contribution in [-0.2, 0) is 9.53 Å². The van der Waals surface area contributed by atoms with Crippen molar-refractivity contribution in [2.45, 2.75) is 19.8 Å². The fourth-order valence-electron chi connectivity index (χ4n) is 2.56. The van der Waals surface area contributed by atoms with Crippen LogP contribution in [0.5, 0.6) is 11.5 Å². The Hall–Kier alpha value is -2.42. The number of carbonyl (C=O) groups excluding carboxylic acids is 1. The number of cyclic esters (lactones) is 1. The molecule has 0 saturated carbocycles. The Morgan fingerprint density at radius 1 is 1.25 bits per heavy atom. The SMILES string of the molecule is CCCCOc1c(I)cc(/C=C2\N=C(c3ccc(F)cc3)OC2=O)cc1OC. The number of unbranched alkanes of at least 4 members (excludes halogenated alkanes) is 1. The minimum absolute atomic E-state index is 0.150. The summed E-state index contributed by atoms with van der Waals surface area (Å²) in [6, 6.07) is 9.28. The van der Waals surface area contributed by atoms with Crippen molar-refractivity contribution in [2.75, 3.05) is 13.7 Å². The van der Waals surface area contributed by atoms with E-state index in [0.29, 0.717) is 23.7 Å². The molecule has 1 heterocycles. The summed E-state index contributed by atoms with van der Waals surface area (Å²) in [4.78, 5) is 16.4. The van der Waals surface area contributed by atoms with Crippen molar-refractivity contribution < 1.29 is 23.4 Å². The molecule has 5 nitrogen and oxygen atoms in total. The topological polar surface area (TPSA) is 57.1 Å². The highest BCUT2D eigenvalue weighted by molar-refractivity contribution is 14.1. The molecule has 0 atom stereocenters. The van der Waals surface area contributed by atoms with Crippen LogP contribution in [0.25, 0.3) is 6.08 Å². The fraction of sp³-hybridized carbons (Fsp3) is 0.238. The van der Waals surface area contributed by atoms with Gasteiger partial charge in [0.2, 0.25) is 5.90 Å². The molecule has 3 rings (SSSR count). The number of ether oxygens (including phenoxy) is 3. The summed E-state index contributed by atoms with van der Waals surface area (Å²) in [5.41, 5.74) is 1.43. The monoisotopic (exact) mass is 495 g/mol. The van der Waals surface area contributed by atoms with Gasteiger partial charge in [-0.05, 0) is 77.0 Å². The van der Waals surface area contributed by atoms with E-state index < -0.39 is 5.97 Å². The molecule has 7 heteroatoms. The van der Waals surface area contributed by atoms with Gasteiger partial charge in [0, 0.05) is 5.56 Å². The maximum atomic E-state index is 13.1. The Labute approximate surface area is 176 Å². The zero-order valence-corrected chi connectivity index (χ0v) is 17.7. The predicted octanol–water partition coefficient (Wildman–Crippen LogP) is 4.96. The molecule has 0 aromatic heterocycles. The van der Waals surface area contributed by atoms with E-state index in [1.54, 1.807) is 19.3 Å². The minimum atomic E-state index is -0.559. The number of rotatable bonds is 7. The second-order valence-electron chi connectivity index (χ2n) is 6.08. The lowest BCUT2D eigenvalue weighted by Crippen LogP contribution is -2.05. The van der Waals surface area contributed by atoms with Gasteiger partial charge in [0.15, 0.2) is 17.2 Å². The molecule has 1 aliphatic heterocycles. The average Bonchev–Trinajstić information content (AvgIpc) is 3.04. The molecule has 2 aromatic rings. The maximum Gasteiger partial charge on any atom is 0.363 e. The summed E-state index contributed by atoms with van der Waals surface area (Å²) >= 11 is 2.17. The average molecular weight is 495 g/mol. The van der Waals surface area contributed by atoms with Crippen molar-refractivity contribution in [1.29, 1.82) is 0 Å². The van der Waals surface area contributed by atoms with Crippen LogP contribution in [0.2, 0.25) is 0 Å². The number of hydrogen-bond acceptors (Lipinski definition) is 5. The van der Waals surface area contributed by atoms with Crippen molar-refractivity contribution in [3.05, 3.63) is 62.6 Å². The molecule has 0 radical (unpaired) electrons. The van der Waals surface area contributed by atoms with Gasteiger partial charge in [0.05, 0.1) is 17.3 Å². The first-order chi connectivity index (χ1) is 13.5. The van der Waals surface area contributed by atoms with E-state index in [1.165, 1.54) is 24.3 Å². The Kier molecular flexibility index (Phi) is 6.66. The first kappa shape index (κ1) is 20.3. The van der Waals surface area contributed by atoms with Gasteiger partial charge in [0.25, 0.3) is 0 Å². The molecule has 0 saturated heterocycles. The molecule has 0 fully saturated rings. The van der Waals surface area contributed by atoms with Gasteiger partial charge in [-0.1, -0.05) is 13.3 Å². The highest BCUT2D eigenvalue weighted by Gasteiger charge is 2.24. The molecule has 0 N–H and O–H groups in total. The lowest BCUT2D eigenvalue weighted by Gasteiger charge is -2.13. The molecule has 0 unspecified atom stereocenters. The molecule has 0 spiro atoms. The third kappa shape index (κ3) is 4.70. The van der Waals surface area contributed by atoms with Gasteiger partial charge in [-0.3, -0.25) is 0 Å². The van der Waals surface area contributed by atoms with E-state index >= 15 is 0 Å². The van der Waals surface area contributed by atoms with E-state index in [2.05, 4.69) is 34.5 Å². The molecule has 0 amide bonds. The minimum Gasteiger partial charge on any atom is -0.493 e. The van der Waals surface area contributed by atoms with E-state index in [-0.39, 0.29) is 17.4 Å². The van der Waals surface area contributed by atoms with Crippen molar-refractivity contribution >= 4 is 40.5 Å². The molecule has 2 aromatic carbocycles. The summed E-state index contributed by atoms with van der Waals surface area (Å²) < 4.78 is 30.4. The maximum absolute atomic E-state index is 13.1. The van der Waals surface area contributed by atoms with Crippen LogP contribution in [0.3, 0.4) is 0 Å². The molecule has 28 heavy (non-hydrogen) atoms. The molecule has 1 aliphatic rings. The van der Waals surface area contributed by atoms with E-state index in [0.717, 1.165) is 22.0 Å². The number of carbonyl (C=O) groups is 1. The number of halogens is 2. The molecule has 146 valence electrons. The van der Waals surface area contributed by atoms with E-state index in [1.807, 2.05) is 6.07 Å². The Balaban J connectivity index is 1.88. The molecular weight excluding hydrogens is 476 g/mol. The van der Waals surface area contributed by atoms with Crippen LogP contribution < -0.4 is 9.47 Å². The number of methoxy groups -OCH3 is 1. The Bertz CT molecular complexity index is 938. The highest BCUT2D eigenvalue weighted by atomic mass is 127. The van der Waals surface area contributed by atoms with E-state index in [4.69, 9.17) is 14.2 Å². The Morgan fingerprint density at radius 3 is 2.68 bits per heavy atom. The quantitative estimate of drug-likeness (QED) is 0.236. The predicted molar refractivity (Wildman–Crippen MR) is 113 cm³/mol. The molecule has 0 aliphatic carbocycles. The Morgan fingerprint density at radius 2 is 2.00 bits per heavy atom. The van der Waals surface area contributed by atoms with E-state index in [9.17, 15) is 9.18 Å². The van der Waals surface area contributed by atoms with Crippen LogP contribution in [0, 0.1) is 9.39 Å². The van der Waals surface area contributed by atoms with Crippen LogP contribution in [0.4, 0.5) is 4.39 Å². The van der Waals surface area contributed by atoms with Crippen LogP contribution in [0.15, 0.2) is 47.1 Å². The van der Waals surface area contributed by atoms with Crippen molar-refractivity contribution in [2.24, 2.45) is 4.99 Å². The zero-order valence-electron chi connectivity index (χ0n) is 15.5. The zero-order chi connectivity index (χ0) is 20.1. The summed E-state index contributed by atoms with van der Waals surface area (Å²) in [7, 11) is 1.57. The number of aliphatic imine (C=N–C) groups is 1.